The monoisotopic (exact) mass is 277 g/mol. The molecule has 0 radical (unpaired) electrons. The lowest BCUT2D eigenvalue weighted by molar-refractivity contribution is -0.126. The number of benzene rings is 2. The maximum atomic E-state index is 12.3. The van der Waals surface area contributed by atoms with Crippen molar-refractivity contribution in [3.05, 3.63) is 71.3 Å². The molecule has 4 rings (SSSR count). The summed E-state index contributed by atoms with van der Waals surface area (Å²) in [6.07, 6.45) is 2.41. The van der Waals surface area contributed by atoms with Crippen LogP contribution in [0.1, 0.15) is 41.6 Å². The fraction of sp³-hybridized carbons (Fsp3) is 0.316. The molecule has 2 aliphatic rings. The Kier molecular flexibility index (Phi) is 3.12. The smallest absolute Gasteiger partial charge is 0.136 e. The third-order valence-corrected chi connectivity index (χ3v) is 4.88. The molecule has 2 nitrogen and oxygen atoms in total. The summed E-state index contributed by atoms with van der Waals surface area (Å²) in [5.74, 6) is 0.391. The largest absolute Gasteiger partial charge is 0.300 e. The van der Waals surface area contributed by atoms with Crippen molar-refractivity contribution in [2.45, 2.75) is 31.3 Å². The van der Waals surface area contributed by atoms with E-state index in [1.54, 1.807) is 0 Å². The van der Waals surface area contributed by atoms with Crippen LogP contribution >= 0.6 is 0 Å². The number of hydrogen-bond acceptors (Lipinski definition) is 2. The van der Waals surface area contributed by atoms with Gasteiger partial charge in [-0.05, 0) is 23.1 Å². The Morgan fingerprint density at radius 1 is 0.857 bits per heavy atom. The van der Waals surface area contributed by atoms with Gasteiger partial charge >= 0.3 is 0 Å². The molecule has 21 heavy (non-hydrogen) atoms. The van der Waals surface area contributed by atoms with Crippen molar-refractivity contribution in [2.75, 3.05) is 6.54 Å². The number of ketones is 1. The van der Waals surface area contributed by atoms with Crippen LogP contribution in [0, 0.1) is 0 Å². The number of piperidine rings is 1. The first-order valence-electron chi connectivity index (χ1n) is 7.73. The zero-order valence-corrected chi connectivity index (χ0v) is 12.0. The first-order chi connectivity index (χ1) is 10.3. The van der Waals surface area contributed by atoms with Crippen LogP contribution in [0.4, 0.5) is 0 Å². The molecule has 0 bridgehead atoms. The highest BCUT2D eigenvalue weighted by Crippen LogP contribution is 2.43. The molecule has 1 fully saturated rings. The van der Waals surface area contributed by atoms with E-state index in [0.29, 0.717) is 18.6 Å². The summed E-state index contributed by atoms with van der Waals surface area (Å²) < 4.78 is 0. The maximum absolute atomic E-state index is 12.3. The molecule has 0 unspecified atom stereocenters. The fourth-order valence-corrected chi connectivity index (χ4v) is 3.89. The van der Waals surface area contributed by atoms with E-state index in [1.807, 2.05) is 6.07 Å². The first kappa shape index (κ1) is 12.8. The van der Waals surface area contributed by atoms with Gasteiger partial charge < -0.3 is 0 Å². The summed E-state index contributed by atoms with van der Waals surface area (Å²) in [4.78, 5) is 14.8. The number of nitrogens with zero attached hydrogens (tertiary/aromatic N) is 1. The van der Waals surface area contributed by atoms with Crippen molar-refractivity contribution in [3.8, 4) is 0 Å². The second kappa shape index (κ2) is 5.12. The molecule has 106 valence electrons. The standard InChI is InChI=1S/C19H19NO/c21-16-12-18(15-7-2-1-3-8-15)20-11-10-14-6-4-5-9-17(14)19(20)13-16/h1-9,18-19H,10-13H2/t18-,19+/m1/s1. The van der Waals surface area contributed by atoms with Gasteiger partial charge in [0.25, 0.3) is 0 Å². The second-order valence-corrected chi connectivity index (χ2v) is 6.08. The third-order valence-electron chi connectivity index (χ3n) is 4.88. The first-order valence-corrected chi connectivity index (χ1v) is 7.73. The highest BCUT2D eigenvalue weighted by atomic mass is 16.1. The molecule has 0 aliphatic carbocycles. The van der Waals surface area contributed by atoms with Gasteiger partial charge in [-0.15, -0.1) is 0 Å². The number of Topliss-reactive ketones (excluding diaryl/α,β-unsaturated/α-hetero) is 1. The van der Waals surface area contributed by atoms with Gasteiger partial charge in [-0.25, -0.2) is 0 Å². The van der Waals surface area contributed by atoms with Gasteiger partial charge in [0.05, 0.1) is 0 Å². The Bertz CT molecular complexity index is 664. The Morgan fingerprint density at radius 3 is 2.43 bits per heavy atom. The van der Waals surface area contributed by atoms with E-state index < -0.39 is 0 Å². The van der Waals surface area contributed by atoms with Crippen molar-refractivity contribution in [2.24, 2.45) is 0 Å². The Morgan fingerprint density at radius 2 is 1.57 bits per heavy atom. The van der Waals surface area contributed by atoms with Crippen LogP contribution in [0.25, 0.3) is 0 Å². The predicted octanol–water partition coefficient (Wildman–Crippen LogP) is 3.69. The molecule has 0 N–H and O–H groups in total. The molecule has 0 aromatic heterocycles. The van der Waals surface area contributed by atoms with Crippen molar-refractivity contribution < 1.29 is 4.79 Å². The van der Waals surface area contributed by atoms with Gasteiger partial charge in [-0.1, -0.05) is 54.6 Å². The lowest BCUT2D eigenvalue weighted by Crippen LogP contribution is -2.43. The zero-order chi connectivity index (χ0) is 14.2. The Labute approximate surface area is 125 Å². The number of carbonyl (C=O) groups excluding carboxylic acids is 1. The van der Waals surface area contributed by atoms with Crippen LogP contribution < -0.4 is 0 Å². The molecule has 1 saturated heterocycles. The summed E-state index contributed by atoms with van der Waals surface area (Å²) >= 11 is 0. The van der Waals surface area contributed by atoms with Gasteiger partial charge in [0, 0.05) is 31.5 Å². The van der Waals surface area contributed by atoms with E-state index in [-0.39, 0.29) is 12.1 Å². The summed E-state index contributed by atoms with van der Waals surface area (Å²) in [6, 6.07) is 19.6. The van der Waals surface area contributed by atoms with Crippen LogP contribution in [-0.2, 0) is 11.2 Å². The van der Waals surface area contributed by atoms with E-state index in [0.717, 1.165) is 13.0 Å². The molecule has 2 heterocycles. The number of rotatable bonds is 1. The van der Waals surface area contributed by atoms with Gasteiger partial charge in [-0.2, -0.15) is 0 Å². The quantitative estimate of drug-likeness (QED) is 0.792. The number of fused-ring (bicyclic) bond motifs is 3. The molecule has 2 aromatic rings. The van der Waals surface area contributed by atoms with E-state index in [1.165, 1.54) is 16.7 Å². The fourth-order valence-electron chi connectivity index (χ4n) is 3.89. The van der Waals surface area contributed by atoms with Crippen LogP contribution in [0.3, 0.4) is 0 Å². The highest BCUT2D eigenvalue weighted by molar-refractivity contribution is 5.81. The van der Waals surface area contributed by atoms with Crippen LogP contribution in [0.15, 0.2) is 54.6 Å². The molecule has 0 spiro atoms. The molecule has 2 atom stereocenters. The van der Waals surface area contributed by atoms with Crippen LogP contribution in [-0.4, -0.2) is 17.2 Å². The van der Waals surface area contributed by atoms with E-state index >= 15 is 0 Å². The second-order valence-electron chi connectivity index (χ2n) is 6.08. The van der Waals surface area contributed by atoms with E-state index in [4.69, 9.17) is 0 Å². The van der Waals surface area contributed by atoms with Gasteiger partial charge in [-0.3, -0.25) is 9.69 Å². The summed E-state index contributed by atoms with van der Waals surface area (Å²) in [6.45, 7) is 1.05. The number of carbonyl (C=O) groups is 1. The topological polar surface area (TPSA) is 20.3 Å². The molecule has 2 heteroatoms. The SMILES string of the molecule is O=C1C[C@H](c2ccccc2)N2CCc3ccccc3[C@@H]2C1. The van der Waals surface area contributed by atoms with Crippen LogP contribution in [0.2, 0.25) is 0 Å². The van der Waals surface area contributed by atoms with Gasteiger partial charge in [0.2, 0.25) is 0 Å². The minimum Gasteiger partial charge on any atom is -0.300 e. The molecular weight excluding hydrogens is 258 g/mol. The predicted molar refractivity (Wildman–Crippen MR) is 83.0 cm³/mol. The minimum absolute atomic E-state index is 0.241. The molecule has 2 aromatic carbocycles. The average molecular weight is 277 g/mol. The third kappa shape index (κ3) is 2.20. The Hall–Kier alpha value is -1.93. The highest BCUT2D eigenvalue weighted by Gasteiger charge is 2.38. The normalized spacial score (nSPS) is 25.2. The summed E-state index contributed by atoms with van der Waals surface area (Å²) in [5, 5.41) is 0. The van der Waals surface area contributed by atoms with E-state index in [9.17, 15) is 4.79 Å². The molecule has 0 amide bonds. The maximum Gasteiger partial charge on any atom is 0.136 e. The number of hydrogen-bond donors (Lipinski definition) is 0. The van der Waals surface area contributed by atoms with Crippen molar-refractivity contribution in [3.63, 3.8) is 0 Å². The molecule has 2 aliphatic heterocycles. The van der Waals surface area contributed by atoms with Crippen LogP contribution in [0.5, 0.6) is 0 Å². The van der Waals surface area contributed by atoms with Crippen molar-refractivity contribution >= 4 is 5.78 Å². The lowest BCUT2D eigenvalue weighted by atomic mass is 9.82. The minimum atomic E-state index is 0.241. The average Bonchev–Trinajstić information content (AvgIpc) is 2.55. The zero-order valence-electron chi connectivity index (χ0n) is 12.0. The summed E-state index contributed by atoms with van der Waals surface area (Å²) in [7, 11) is 0. The van der Waals surface area contributed by atoms with Crippen molar-refractivity contribution in [1.29, 1.82) is 0 Å². The molecule has 0 saturated carbocycles. The Balaban J connectivity index is 1.75. The van der Waals surface area contributed by atoms with E-state index in [2.05, 4.69) is 53.4 Å². The molecular formula is C19H19NO. The lowest BCUT2D eigenvalue weighted by Gasteiger charge is -2.45. The van der Waals surface area contributed by atoms with Gasteiger partial charge in [0.1, 0.15) is 5.78 Å². The van der Waals surface area contributed by atoms with Crippen molar-refractivity contribution in [1.82, 2.24) is 4.90 Å². The van der Waals surface area contributed by atoms with Gasteiger partial charge in [0.15, 0.2) is 0 Å². The summed E-state index contributed by atoms with van der Waals surface area (Å²) in [5.41, 5.74) is 4.05.